The van der Waals surface area contributed by atoms with Gasteiger partial charge in [-0.2, -0.15) is 0 Å². The number of hydrogen-bond donors (Lipinski definition) is 2. The molecule has 0 heterocycles. The zero-order valence-corrected chi connectivity index (χ0v) is 9.59. The smallest absolute Gasteiger partial charge is 0.0914 e. The van der Waals surface area contributed by atoms with E-state index in [0.717, 1.165) is 16.1 Å². The van der Waals surface area contributed by atoms with Crippen LogP contribution < -0.4 is 5.32 Å². The Bertz CT molecular complexity index is 338. The molecule has 0 fully saturated rings. The van der Waals surface area contributed by atoms with Crippen LogP contribution in [0.25, 0.3) is 0 Å². The quantitative estimate of drug-likeness (QED) is 0.596. The summed E-state index contributed by atoms with van der Waals surface area (Å²) in [6.07, 6.45) is 1.26. The number of hydrogen-bond acceptors (Lipinski definition) is 2. The van der Waals surface area contributed by atoms with Gasteiger partial charge < -0.3 is 10.4 Å². The number of aliphatic hydroxyl groups excluding tert-OH is 1. The Balaban J connectivity index is 2.61. The van der Waals surface area contributed by atoms with Gasteiger partial charge in [-0.25, -0.2) is 0 Å². The summed E-state index contributed by atoms with van der Waals surface area (Å²) in [6, 6.07) is 5.56. The van der Waals surface area contributed by atoms with Crippen LogP contribution in [0.2, 0.25) is 5.02 Å². The van der Waals surface area contributed by atoms with E-state index in [2.05, 4.69) is 11.9 Å². The van der Waals surface area contributed by atoms with Crippen LogP contribution >= 0.6 is 11.6 Å². The average molecular weight is 226 g/mol. The van der Waals surface area contributed by atoms with Gasteiger partial charge in [0.1, 0.15) is 0 Å². The number of rotatable bonds is 5. The van der Waals surface area contributed by atoms with Crippen molar-refractivity contribution in [2.24, 2.45) is 0 Å². The van der Waals surface area contributed by atoms with Crippen LogP contribution in [0.15, 0.2) is 30.9 Å². The fourth-order valence-corrected chi connectivity index (χ4v) is 1.43. The third kappa shape index (κ3) is 3.67. The van der Waals surface area contributed by atoms with Gasteiger partial charge in [0.05, 0.1) is 6.10 Å². The molecule has 2 N–H and O–H groups in total. The summed E-state index contributed by atoms with van der Waals surface area (Å²) in [7, 11) is 0. The molecule has 0 bridgehead atoms. The number of nitrogens with one attached hydrogen (secondary N) is 1. The second kappa shape index (κ2) is 5.91. The van der Waals surface area contributed by atoms with Gasteiger partial charge >= 0.3 is 0 Å². The van der Waals surface area contributed by atoms with Crippen molar-refractivity contribution in [3.05, 3.63) is 47.0 Å². The molecule has 1 unspecified atom stereocenters. The van der Waals surface area contributed by atoms with E-state index in [0.29, 0.717) is 13.1 Å². The van der Waals surface area contributed by atoms with E-state index >= 15 is 0 Å². The Kier molecular flexibility index (Phi) is 4.82. The lowest BCUT2D eigenvalue weighted by atomic mass is 10.1. The average Bonchev–Trinajstić information content (AvgIpc) is 2.22. The minimum atomic E-state index is -0.499. The van der Waals surface area contributed by atoms with Gasteiger partial charge in [-0.3, -0.25) is 0 Å². The first-order valence-corrected chi connectivity index (χ1v) is 5.28. The maximum absolute atomic E-state index is 9.82. The topological polar surface area (TPSA) is 32.3 Å². The molecular weight excluding hydrogens is 210 g/mol. The summed E-state index contributed by atoms with van der Waals surface area (Å²) in [5, 5.41) is 13.6. The molecule has 0 aliphatic heterocycles. The maximum Gasteiger partial charge on any atom is 0.0914 e. The molecule has 3 heteroatoms. The van der Waals surface area contributed by atoms with Crippen LogP contribution in [0, 0.1) is 6.92 Å². The van der Waals surface area contributed by atoms with Gasteiger partial charge in [0.2, 0.25) is 0 Å². The number of aryl methyl sites for hydroxylation is 1. The first-order valence-electron chi connectivity index (χ1n) is 4.91. The molecule has 1 atom stereocenters. The largest absolute Gasteiger partial charge is 0.387 e. The number of benzene rings is 1. The summed E-state index contributed by atoms with van der Waals surface area (Å²) in [5.74, 6) is 0. The highest BCUT2D eigenvalue weighted by atomic mass is 35.5. The Morgan fingerprint density at radius 2 is 2.33 bits per heavy atom. The first kappa shape index (κ1) is 12.2. The highest BCUT2D eigenvalue weighted by molar-refractivity contribution is 6.31. The Morgan fingerprint density at radius 1 is 1.60 bits per heavy atom. The van der Waals surface area contributed by atoms with Crippen molar-refractivity contribution in [2.75, 3.05) is 13.1 Å². The number of halogens is 1. The van der Waals surface area contributed by atoms with E-state index in [1.165, 1.54) is 0 Å². The van der Waals surface area contributed by atoms with Gasteiger partial charge in [-0.15, -0.1) is 6.58 Å². The van der Waals surface area contributed by atoms with Gasteiger partial charge in [-0.1, -0.05) is 29.8 Å². The third-order valence-electron chi connectivity index (χ3n) is 2.19. The van der Waals surface area contributed by atoms with Gasteiger partial charge in [0, 0.05) is 18.1 Å². The molecule has 2 nitrogen and oxygen atoms in total. The molecule has 0 radical (unpaired) electrons. The van der Waals surface area contributed by atoms with Crippen molar-refractivity contribution in [1.82, 2.24) is 5.32 Å². The van der Waals surface area contributed by atoms with Gasteiger partial charge in [0.25, 0.3) is 0 Å². The molecule has 1 aromatic rings. The van der Waals surface area contributed by atoms with E-state index in [9.17, 15) is 5.11 Å². The normalized spacial score (nSPS) is 12.5. The van der Waals surface area contributed by atoms with Crippen LogP contribution in [0.5, 0.6) is 0 Å². The van der Waals surface area contributed by atoms with E-state index in [4.69, 9.17) is 11.6 Å². The van der Waals surface area contributed by atoms with Crippen molar-refractivity contribution in [3.63, 3.8) is 0 Å². The summed E-state index contributed by atoms with van der Waals surface area (Å²) < 4.78 is 0. The van der Waals surface area contributed by atoms with E-state index in [1.54, 1.807) is 6.08 Å². The van der Waals surface area contributed by atoms with Crippen LogP contribution in [-0.2, 0) is 0 Å². The van der Waals surface area contributed by atoms with Crippen molar-refractivity contribution in [2.45, 2.75) is 13.0 Å². The minimum absolute atomic E-state index is 0.499. The van der Waals surface area contributed by atoms with Crippen molar-refractivity contribution in [1.29, 1.82) is 0 Å². The lowest BCUT2D eigenvalue weighted by Crippen LogP contribution is -2.21. The fraction of sp³-hybridized carbons (Fsp3) is 0.333. The van der Waals surface area contributed by atoms with Gasteiger partial charge in [-0.05, 0) is 24.1 Å². The summed E-state index contributed by atoms with van der Waals surface area (Å²) in [6.45, 7) is 6.74. The predicted molar refractivity (Wildman–Crippen MR) is 64.2 cm³/mol. The van der Waals surface area contributed by atoms with E-state index in [1.807, 2.05) is 25.1 Å². The Hall–Kier alpha value is -0.830. The van der Waals surface area contributed by atoms with Crippen molar-refractivity contribution >= 4 is 11.6 Å². The fourth-order valence-electron chi connectivity index (χ4n) is 1.32. The molecular formula is C12H16ClNO. The predicted octanol–water partition coefficient (Wildman–Crippen LogP) is 2.46. The van der Waals surface area contributed by atoms with Crippen LogP contribution in [-0.4, -0.2) is 18.2 Å². The monoisotopic (exact) mass is 225 g/mol. The van der Waals surface area contributed by atoms with Crippen LogP contribution in [0.3, 0.4) is 0 Å². The molecule has 0 saturated carbocycles. The number of aliphatic hydroxyl groups is 1. The molecule has 0 aliphatic rings. The molecule has 0 aromatic heterocycles. The molecule has 1 aromatic carbocycles. The van der Waals surface area contributed by atoms with E-state index < -0.39 is 6.10 Å². The molecule has 0 spiro atoms. The summed E-state index contributed by atoms with van der Waals surface area (Å²) in [5.41, 5.74) is 1.87. The van der Waals surface area contributed by atoms with Crippen LogP contribution in [0.1, 0.15) is 17.2 Å². The lowest BCUT2D eigenvalue weighted by molar-refractivity contribution is 0.176. The SMILES string of the molecule is C=CCNCC(O)c1ccc(Cl)c(C)c1. The summed E-state index contributed by atoms with van der Waals surface area (Å²) >= 11 is 5.90. The summed E-state index contributed by atoms with van der Waals surface area (Å²) in [4.78, 5) is 0. The standard InChI is InChI=1S/C12H16ClNO/c1-3-6-14-8-12(15)10-4-5-11(13)9(2)7-10/h3-5,7,12,14-15H,1,6,8H2,2H3. The maximum atomic E-state index is 9.82. The second-order valence-corrected chi connectivity index (χ2v) is 3.88. The Labute approximate surface area is 95.6 Å². The Morgan fingerprint density at radius 3 is 2.93 bits per heavy atom. The van der Waals surface area contributed by atoms with Crippen LogP contribution in [0.4, 0.5) is 0 Å². The second-order valence-electron chi connectivity index (χ2n) is 3.47. The molecule has 1 rings (SSSR count). The molecule has 0 amide bonds. The van der Waals surface area contributed by atoms with Gasteiger partial charge in [0.15, 0.2) is 0 Å². The zero-order chi connectivity index (χ0) is 11.3. The first-order chi connectivity index (χ1) is 7.15. The molecule has 0 aliphatic carbocycles. The highest BCUT2D eigenvalue weighted by Gasteiger charge is 2.07. The van der Waals surface area contributed by atoms with Crippen molar-refractivity contribution in [3.8, 4) is 0 Å². The highest BCUT2D eigenvalue weighted by Crippen LogP contribution is 2.20. The molecule has 15 heavy (non-hydrogen) atoms. The molecule has 82 valence electrons. The lowest BCUT2D eigenvalue weighted by Gasteiger charge is -2.12. The van der Waals surface area contributed by atoms with E-state index in [-0.39, 0.29) is 0 Å². The third-order valence-corrected chi connectivity index (χ3v) is 2.62. The molecule has 0 saturated heterocycles. The zero-order valence-electron chi connectivity index (χ0n) is 8.83. The van der Waals surface area contributed by atoms with Crippen molar-refractivity contribution < 1.29 is 5.11 Å². The minimum Gasteiger partial charge on any atom is -0.387 e.